The number of nitrogens with zero attached hydrogens (tertiary/aromatic N) is 4. The molecule has 1 aromatic rings. The minimum Gasteiger partial charge on any atom is -0.356 e. The van der Waals surface area contributed by atoms with Crippen molar-refractivity contribution in [2.45, 2.75) is 58.0 Å². The van der Waals surface area contributed by atoms with Crippen LogP contribution in [0, 0.1) is 11.8 Å². The van der Waals surface area contributed by atoms with Crippen molar-refractivity contribution in [3.63, 3.8) is 0 Å². The molecule has 0 spiro atoms. The van der Waals surface area contributed by atoms with Gasteiger partial charge in [0.25, 0.3) is 0 Å². The van der Waals surface area contributed by atoms with Gasteiger partial charge in [-0.1, -0.05) is 13.8 Å². The number of rotatable bonds is 5. The minimum absolute atomic E-state index is 0.0686. The van der Waals surface area contributed by atoms with Gasteiger partial charge in [-0.25, -0.2) is 9.97 Å². The van der Waals surface area contributed by atoms with Gasteiger partial charge >= 0.3 is 0 Å². The molecule has 0 aromatic carbocycles. The molecule has 4 fully saturated rings. The Balaban J connectivity index is 1.38. The van der Waals surface area contributed by atoms with E-state index in [9.17, 15) is 0 Å². The highest BCUT2D eigenvalue weighted by Crippen LogP contribution is 2.38. The summed E-state index contributed by atoms with van der Waals surface area (Å²) in [5.41, 5.74) is 1.25. The summed E-state index contributed by atoms with van der Waals surface area (Å²) in [5, 5.41) is 0. The van der Waals surface area contributed by atoms with Crippen LogP contribution < -0.4 is 9.80 Å². The van der Waals surface area contributed by atoms with Gasteiger partial charge in [0.05, 0.1) is 26.4 Å². The number of anilines is 2. The molecule has 31 heavy (non-hydrogen) atoms. The highest BCUT2D eigenvalue weighted by Gasteiger charge is 2.35. The lowest BCUT2D eigenvalue weighted by Gasteiger charge is -2.39. The Morgan fingerprint density at radius 2 is 1.23 bits per heavy atom. The average Bonchev–Trinajstić information content (AvgIpc) is 3.53. The Labute approximate surface area is 185 Å². The molecule has 172 valence electrons. The topological polar surface area (TPSA) is 69.2 Å². The number of aromatic nitrogens is 2. The molecule has 8 heteroatoms. The summed E-state index contributed by atoms with van der Waals surface area (Å²) in [6.07, 6.45) is 6.16. The second-order valence-electron chi connectivity index (χ2n) is 9.51. The first-order valence-electron chi connectivity index (χ1n) is 12.0. The molecule has 0 bridgehead atoms. The van der Waals surface area contributed by atoms with Crippen molar-refractivity contribution in [3.05, 3.63) is 11.9 Å². The van der Waals surface area contributed by atoms with Gasteiger partial charge in [0.15, 0.2) is 12.6 Å². The monoisotopic (exact) mass is 432 g/mol. The molecule has 8 nitrogen and oxygen atoms in total. The third-order valence-electron chi connectivity index (χ3n) is 7.00. The Hall–Kier alpha value is -1.48. The Kier molecular flexibility index (Phi) is 6.59. The zero-order valence-corrected chi connectivity index (χ0v) is 18.9. The van der Waals surface area contributed by atoms with Crippen molar-refractivity contribution >= 4 is 11.6 Å². The summed E-state index contributed by atoms with van der Waals surface area (Å²) in [4.78, 5) is 14.5. The second-order valence-corrected chi connectivity index (χ2v) is 9.51. The maximum atomic E-state index is 5.82. The lowest BCUT2D eigenvalue weighted by molar-refractivity contribution is -0.0860. The van der Waals surface area contributed by atoms with Crippen LogP contribution in [0.4, 0.5) is 11.6 Å². The van der Waals surface area contributed by atoms with E-state index >= 15 is 0 Å². The van der Waals surface area contributed by atoms with Crippen LogP contribution in [-0.2, 0) is 18.9 Å². The van der Waals surface area contributed by atoms with E-state index in [2.05, 4.69) is 23.6 Å². The highest BCUT2D eigenvalue weighted by molar-refractivity contribution is 5.62. The quantitative estimate of drug-likeness (QED) is 0.704. The van der Waals surface area contributed by atoms with Gasteiger partial charge in [-0.05, 0) is 31.6 Å². The lowest BCUT2D eigenvalue weighted by atomic mass is 9.94. The molecule has 4 saturated heterocycles. The van der Waals surface area contributed by atoms with Crippen LogP contribution in [0.1, 0.15) is 51.0 Å². The van der Waals surface area contributed by atoms with Gasteiger partial charge in [0.2, 0.25) is 0 Å². The fourth-order valence-electron chi connectivity index (χ4n) is 5.54. The van der Waals surface area contributed by atoms with Crippen molar-refractivity contribution in [2.75, 3.05) is 62.4 Å². The van der Waals surface area contributed by atoms with Crippen LogP contribution in [0.15, 0.2) is 6.33 Å². The second kappa shape index (κ2) is 9.57. The van der Waals surface area contributed by atoms with E-state index in [4.69, 9.17) is 28.9 Å². The smallest absolute Gasteiger partial charge is 0.162 e. The van der Waals surface area contributed by atoms with Crippen molar-refractivity contribution in [3.8, 4) is 0 Å². The van der Waals surface area contributed by atoms with E-state index in [1.807, 2.05) is 0 Å². The maximum Gasteiger partial charge on any atom is 0.162 e. The molecule has 0 N–H and O–H groups in total. The van der Waals surface area contributed by atoms with Crippen LogP contribution >= 0.6 is 0 Å². The Morgan fingerprint density at radius 1 is 0.774 bits per heavy atom. The first kappa shape index (κ1) is 21.4. The molecule has 0 amide bonds. The first-order chi connectivity index (χ1) is 15.2. The molecule has 1 aromatic heterocycles. The van der Waals surface area contributed by atoms with E-state index in [1.165, 1.54) is 5.56 Å². The maximum absolute atomic E-state index is 5.82. The fraction of sp³-hybridized carbons (Fsp3) is 0.826. The molecule has 4 aliphatic rings. The molecule has 2 atom stereocenters. The minimum atomic E-state index is -0.0686. The highest BCUT2D eigenvalue weighted by atomic mass is 16.7. The Morgan fingerprint density at radius 3 is 1.65 bits per heavy atom. The molecule has 4 aliphatic heterocycles. The fourth-order valence-corrected chi connectivity index (χ4v) is 5.54. The zero-order valence-electron chi connectivity index (χ0n) is 18.9. The van der Waals surface area contributed by atoms with Crippen LogP contribution in [-0.4, -0.2) is 75.2 Å². The summed E-state index contributed by atoms with van der Waals surface area (Å²) in [7, 11) is 0. The number of ether oxygens (including phenoxy) is 4. The molecular weight excluding hydrogens is 396 g/mol. The zero-order chi connectivity index (χ0) is 21.2. The summed E-state index contributed by atoms with van der Waals surface area (Å²) in [6, 6.07) is 0. The number of hydrogen-bond acceptors (Lipinski definition) is 8. The van der Waals surface area contributed by atoms with E-state index in [-0.39, 0.29) is 12.6 Å². The normalized spacial score (nSPS) is 28.7. The van der Waals surface area contributed by atoms with Crippen LogP contribution in [0.5, 0.6) is 0 Å². The van der Waals surface area contributed by atoms with Crippen molar-refractivity contribution in [1.82, 2.24) is 9.97 Å². The molecule has 0 radical (unpaired) electrons. The predicted molar refractivity (Wildman–Crippen MR) is 117 cm³/mol. The SMILES string of the molecule is CC(C)c1c(N2CCC[C@@H](C3OCCO3)C2)ncnc1N1CCC[C@H](C2OCCO2)C1. The molecule has 0 saturated carbocycles. The molecule has 0 unspecified atom stereocenters. The summed E-state index contributed by atoms with van der Waals surface area (Å²) >= 11 is 0. The summed E-state index contributed by atoms with van der Waals surface area (Å²) < 4.78 is 23.3. The largest absolute Gasteiger partial charge is 0.356 e. The third kappa shape index (κ3) is 4.53. The van der Waals surface area contributed by atoms with Gasteiger partial charge < -0.3 is 28.7 Å². The standard InChI is InChI=1S/C23H36N4O4/c1-16(2)19-20(26-7-3-5-17(13-26)22-28-9-10-29-22)24-15-25-21(19)27-8-4-6-18(14-27)23-30-11-12-31-23/h15-18,22-23H,3-14H2,1-2H3/t17-,18+. The predicted octanol–water partition coefficient (Wildman–Crippen LogP) is 2.78. The summed E-state index contributed by atoms with van der Waals surface area (Å²) in [5.74, 6) is 3.29. The van der Waals surface area contributed by atoms with Gasteiger partial charge in [0, 0.05) is 43.6 Å². The molecular formula is C23H36N4O4. The third-order valence-corrected chi connectivity index (χ3v) is 7.00. The van der Waals surface area contributed by atoms with Gasteiger partial charge in [-0.15, -0.1) is 0 Å². The van der Waals surface area contributed by atoms with Gasteiger partial charge in [-0.2, -0.15) is 0 Å². The van der Waals surface area contributed by atoms with Crippen molar-refractivity contribution in [1.29, 1.82) is 0 Å². The van der Waals surface area contributed by atoms with E-state index in [0.717, 1.165) is 63.5 Å². The van der Waals surface area contributed by atoms with Gasteiger partial charge in [0.1, 0.15) is 18.0 Å². The molecule has 5 rings (SSSR count). The van der Waals surface area contributed by atoms with Crippen LogP contribution in [0.2, 0.25) is 0 Å². The number of hydrogen-bond donors (Lipinski definition) is 0. The van der Waals surface area contributed by atoms with Crippen LogP contribution in [0.3, 0.4) is 0 Å². The van der Waals surface area contributed by atoms with E-state index in [1.54, 1.807) is 6.33 Å². The van der Waals surface area contributed by atoms with Crippen molar-refractivity contribution in [2.24, 2.45) is 11.8 Å². The van der Waals surface area contributed by atoms with Crippen LogP contribution in [0.25, 0.3) is 0 Å². The Bertz CT molecular complexity index is 682. The molecule has 5 heterocycles. The summed E-state index contributed by atoms with van der Waals surface area (Å²) in [6.45, 7) is 11.2. The van der Waals surface area contributed by atoms with E-state index in [0.29, 0.717) is 44.2 Å². The lowest BCUT2D eigenvalue weighted by Crippen LogP contribution is -2.43. The average molecular weight is 433 g/mol. The first-order valence-corrected chi connectivity index (χ1v) is 12.0. The van der Waals surface area contributed by atoms with E-state index < -0.39 is 0 Å². The van der Waals surface area contributed by atoms with Gasteiger partial charge in [-0.3, -0.25) is 0 Å². The number of piperidine rings is 2. The van der Waals surface area contributed by atoms with Crippen molar-refractivity contribution < 1.29 is 18.9 Å². The molecule has 0 aliphatic carbocycles.